The van der Waals surface area contributed by atoms with Crippen LogP contribution in [0.4, 0.5) is 0 Å². The van der Waals surface area contributed by atoms with Gasteiger partial charge >= 0.3 is 0 Å². The van der Waals surface area contributed by atoms with E-state index in [1.165, 1.54) is 15.4 Å². The molecule has 3 rings (SSSR count). The molecule has 0 bridgehead atoms. The summed E-state index contributed by atoms with van der Waals surface area (Å²) in [6.07, 6.45) is 2.09. The molecule has 0 aliphatic carbocycles. The standard InChI is InChI=1S/C18H16OS2/c1-20-14-8-6-13(7-9-14)12-21-18-11-10-17(19)15-4-2-3-5-16(15)18/h2-11,19H,12H2,1H3. The lowest BCUT2D eigenvalue weighted by Gasteiger charge is -2.08. The highest BCUT2D eigenvalue weighted by atomic mass is 32.2. The van der Waals surface area contributed by atoms with Crippen LogP contribution in [0.2, 0.25) is 0 Å². The smallest absolute Gasteiger partial charge is 0.123 e. The van der Waals surface area contributed by atoms with Gasteiger partial charge in [-0.15, -0.1) is 23.5 Å². The van der Waals surface area contributed by atoms with Gasteiger partial charge in [0.05, 0.1) is 0 Å². The molecule has 0 saturated carbocycles. The third-order valence-electron chi connectivity index (χ3n) is 3.41. The van der Waals surface area contributed by atoms with Gasteiger partial charge in [0.25, 0.3) is 0 Å². The first-order valence-corrected chi connectivity index (χ1v) is 8.95. The summed E-state index contributed by atoms with van der Waals surface area (Å²) in [4.78, 5) is 2.50. The van der Waals surface area contributed by atoms with Crippen LogP contribution < -0.4 is 0 Å². The second-order valence-electron chi connectivity index (χ2n) is 4.77. The van der Waals surface area contributed by atoms with E-state index >= 15 is 0 Å². The number of fused-ring (bicyclic) bond motifs is 1. The summed E-state index contributed by atoms with van der Waals surface area (Å²) < 4.78 is 0. The molecule has 0 aliphatic heterocycles. The molecular formula is C18H16OS2. The van der Waals surface area contributed by atoms with Crippen LogP contribution in [-0.4, -0.2) is 11.4 Å². The average Bonchev–Trinajstić information content (AvgIpc) is 2.55. The van der Waals surface area contributed by atoms with Gasteiger partial charge < -0.3 is 5.11 Å². The maximum Gasteiger partial charge on any atom is 0.123 e. The van der Waals surface area contributed by atoms with Crippen molar-refractivity contribution in [3.05, 3.63) is 66.2 Å². The molecule has 0 saturated heterocycles. The molecule has 0 heterocycles. The third kappa shape index (κ3) is 3.20. The van der Waals surface area contributed by atoms with Crippen molar-refractivity contribution in [1.82, 2.24) is 0 Å². The van der Waals surface area contributed by atoms with Crippen LogP contribution in [0.25, 0.3) is 10.8 Å². The maximum atomic E-state index is 9.93. The van der Waals surface area contributed by atoms with E-state index in [9.17, 15) is 5.11 Å². The third-order valence-corrected chi connectivity index (χ3v) is 5.30. The normalized spacial score (nSPS) is 10.9. The molecule has 0 amide bonds. The number of thioether (sulfide) groups is 2. The van der Waals surface area contributed by atoms with E-state index in [4.69, 9.17) is 0 Å². The minimum Gasteiger partial charge on any atom is -0.507 e. The van der Waals surface area contributed by atoms with Crippen LogP contribution in [0.5, 0.6) is 5.75 Å². The highest BCUT2D eigenvalue weighted by molar-refractivity contribution is 7.99. The highest BCUT2D eigenvalue weighted by Crippen LogP contribution is 2.34. The number of benzene rings is 3. The van der Waals surface area contributed by atoms with E-state index in [0.717, 1.165) is 16.5 Å². The molecule has 3 aromatic carbocycles. The van der Waals surface area contributed by atoms with Gasteiger partial charge in [-0.25, -0.2) is 0 Å². The van der Waals surface area contributed by atoms with Crippen molar-refractivity contribution in [2.45, 2.75) is 15.5 Å². The Bertz CT molecular complexity index is 751. The van der Waals surface area contributed by atoms with Gasteiger partial charge in [0.15, 0.2) is 0 Å². The second-order valence-corrected chi connectivity index (χ2v) is 6.66. The van der Waals surface area contributed by atoms with Crippen molar-refractivity contribution >= 4 is 34.3 Å². The molecule has 0 spiro atoms. The molecule has 0 unspecified atom stereocenters. The summed E-state index contributed by atoms with van der Waals surface area (Å²) in [6, 6.07) is 20.5. The summed E-state index contributed by atoms with van der Waals surface area (Å²) in [7, 11) is 0. The Morgan fingerprint density at radius 2 is 1.57 bits per heavy atom. The fraction of sp³-hybridized carbons (Fsp3) is 0.111. The van der Waals surface area contributed by atoms with Crippen molar-refractivity contribution in [2.24, 2.45) is 0 Å². The lowest BCUT2D eigenvalue weighted by atomic mass is 10.1. The van der Waals surface area contributed by atoms with Gasteiger partial charge in [-0.3, -0.25) is 0 Å². The van der Waals surface area contributed by atoms with Gasteiger partial charge in [0, 0.05) is 20.9 Å². The van der Waals surface area contributed by atoms with E-state index in [2.05, 4.69) is 36.6 Å². The first-order chi connectivity index (χ1) is 10.3. The van der Waals surface area contributed by atoms with E-state index < -0.39 is 0 Å². The molecule has 3 aromatic rings. The SMILES string of the molecule is CSc1ccc(CSc2ccc(O)c3ccccc23)cc1. The summed E-state index contributed by atoms with van der Waals surface area (Å²) in [5.74, 6) is 1.28. The van der Waals surface area contributed by atoms with E-state index in [-0.39, 0.29) is 0 Å². The fourth-order valence-electron chi connectivity index (χ4n) is 2.26. The molecule has 3 heteroatoms. The molecule has 0 radical (unpaired) electrons. The quantitative estimate of drug-likeness (QED) is 0.637. The highest BCUT2D eigenvalue weighted by Gasteiger charge is 2.05. The molecule has 21 heavy (non-hydrogen) atoms. The van der Waals surface area contributed by atoms with Crippen molar-refractivity contribution in [3.8, 4) is 5.75 Å². The molecule has 0 atom stereocenters. The van der Waals surface area contributed by atoms with E-state index in [1.54, 1.807) is 17.8 Å². The molecule has 1 N–H and O–H groups in total. The average molecular weight is 312 g/mol. The predicted molar refractivity (Wildman–Crippen MR) is 93.4 cm³/mol. The first kappa shape index (κ1) is 14.4. The van der Waals surface area contributed by atoms with Crippen LogP contribution in [0, 0.1) is 0 Å². The van der Waals surface area contributed by atoms with Crippen molar-refractivity contribution in [3.63, 3.8) is 0 Å². The van der Waals surface area contributed by atoms with Crippen molar-refractivity contribution in [2.75, 3.05) is 6.26 Å². The molecule has 1 nitrogen and oxygen atoms in total. The number of phenols is 1. The summed E-state index contributed by atoms with van der Waals surface area (Å²) >= 11 is 3.57. The lowest BCUT2D eigenvalue weighted by Crippen LogP contribution is -1.83. The van der Waals surface area contributed by atoms with Gasteiger partial charge in [-0.05, 0) is 41.5 Å². The number of rotatable bonds is 4. The molecule has 106 valence electrons. The second kappa shape index (κ2) is 6.46. The predicted octanol–water partition coefficient (Wildman–Crippen LogP) is 5.56. The van der Waals surface area contributed by atoms with Crippen LogP contribution in [0.1, 0.15) is 5.56 Å². The topological polar surface area (TPSA) is 20.2 Å². The number of phenolic OH excluding ortho intramolecular Hbond substituents is 1. The zero-order chi connectivity index (χ0) is 14.7. The molecule has 0 aromatic heterocycles. The molecular weight excluding hydrogens is 296 g/mol. The van der Waals surface area contributed by atoms with Gasteiger partial charge in [-0.1, -0.05) is 36.4 Å². The lowest BCUT2D eigenvalue weighted by molar-refractivity contribution is 0.481. The summed E-state index contributed by atoms with van der Waals surface area (Å²) in [5.41, 5.74) is 1.31. The zero-order valence-corrected chi connectivity index (χ0v) is 13.4. The van der Waals surface area contributed by atoms with E-state index in [1.807, 2.05) is 36.0 Å². The number of aromatic hydroxyl groups is 1. The van der Waals surface area contributed by atoms with Crippen LogP contribution in [0.15, 0.2) is 70.5 Å². The Hall–Kier alpha value is -1.58. The van der Waals surface area contributed by atoms with Gasteiger partial charge in [0.2, 0.25) is 0 Å². The number of hydrogen-bond donors (Lipinski definition) is 1. The Balaban J connectivity index is 1.83. The van der Waals surface area contributed by atoms with Crippen molar-refractivity contribution < 1.29 is 5.11 Å². The Kier molecular flexibility index (Phi) is 4.42. The largest absolute Gasteiger partial charge is 0.507 e. The Morgan fingerprint density at radius 1 is 0.857 bits per heavy atom. The summed E-state index contributed by atoms with van der Waals surface area (Å²) in [6.45, 7) is 0. The number of hydrogen-bond acceptors (Lipinski definition) is 3. The van der Waals surface area contributed by atoms with Gasteiger partial charge in [0.1, 0.15) is 5.75 Å². The molecule has 0 aliphatic rings. The monoisotopic (exact) mass is 312 g/mol. The minimum absolute atomic E-state index is 0.347. The zero-order valence-electron chi connectivity index (χ0n) is 11.7. The van der Waals surface area contributed by atoms with E-state index in [0.29, 0.717) is 5.75 Å². The first-order valence-electron chi connectivity index (χ1n) is 6.74. The van der Waals surface area contributed by atoms with Crippen LogP contribution in [-0.2, 0) is 5.75 Å². The van der Waals surface area contributed by atoms with Crippen LogP contribution in [0.3, 0.4) is 0 Å². The fourth-order valence-corrected chi connectivity index (χ4v) is 3.68. The van der Waals surface area contributed by atoms with Crippen LogP contribution >= 0.6 is 23.5 Å². The van der Waals surface area contributed by atoms with Crippen molar-refractivity contribution in [1.29, 1.82) is 0 Å². The van der Waals surface area contributed by atoms with Gasteiger partial charge in [-0.2, -0.15) is 0 Å². The Morgan fingerprint density at radius 3 is 2.29 bits per heavy atom. The molecule has 0 fully saturated rings. The maximum absolute atomic E-state index is 9.93. The minimum atomic E-state index is 0.347. The summed E-state index contributed by atoms with van der Waals surface area (Å²) in [5, 5.41) is 12.0. The Labute approximate surface area is 133 Å².